The Labute approximate surface area is 346 Å². The van der Waals surface area contributed by atoms with Crippen molar-refractivity contribution in [1.82, 2.24) is 0 Å². The second-order valence-corrected chi connectivity index (χ2v) is 15.9. The van der Waals surface area contributed by atoms with Crippen molar-refractivity contribution in [2.45, 2.75) is 180 Å². The molecule has 0 amide bonds. The van der Waals surface area contributed by atoms with Crippen LogP contribution in [0, 0.1) is 0 Å². The maximum Gasteiger partial charge on any atom is 0.472 e. The summed E-state index contributed by atoms with van der Waals surface area (Å²) in [4.78, 5) is 33.5. The number of allylic oxidation sites excluding steroid dienone is 12. The van der Waals surface area contributed by atoms with Gasteiger partial charge in [-0.1, -0.05) is 151 Å². The van der Waals surface area contributed by atoms with Crippen molar-refractivity contribution in [2.75, 3.05) is 26.4 Å². The number of hydrogen-bond donors (Lipinski definition) is 3. The number of nitrogens with two attached hydrogens (primary N) is 1. The van der Waals surface area contributed by atoms with Gasteiger partial charge < -0.3 is 25.2 Å². The standard InChI is InChI=1S/C46H80NO9P/c1-3-5-7-9-11-13-15-17-19-20-21-22-23-24-25-26-28-30-32-34-36-38-45(48)56-43(41-54-57(51,52)55-42-44(47)46(49)50)40-53-39-37-35-33-31-29-27-18-16-14-12-10-8-6-4-2/h5,7,11,13-14,16-17,19,21-22,24-25,43-44H,3-4,6,8-10,12,15,18,20,23,26-42,47H2,1-2H3,(H,49,50)(H,51,52)/b7-5-,13-11-,16-14-,19-17-,22-21-,25-24-. The molecule has 0 fully saturated rings. The summed E-state index contributed by atoms with van der Waals surface area (Å²) in [6.07, 6.45) is 50.9. The SMILES string of the molecule is CC/C=C\C/C=C\C/C=C\C/C=C\C/C=C\CCCCCCCC(=O)OC(COCCCCCCCC/C=C\CCCCCC)COP(=O)(O)OCC(N)C(=O)O. The quantitative estimate of drug-likeness (QED) is 0.0235. The highest BCUT2D eigenvalue weighted by Crippen LogP contribution is 2.43. The van der Waals surface area contributed by atoms with Crippen LogP contribution in [0.3, 0.4) is 0 Å². The van der Waals surface area contributed by atoms with Gasteiger partial charge in [-0.25, -0.2) is 4.57 Å². The largest absolute Gasteiger partial charge is 0.480 e. The molecule has 10 nitrogen and oxygen atoms in total. The van der Waals surface area contributed by atoms with Gasteiger partial charge in [0.1, 0.15) is 12.1 Å². The molecule has 0 heterocycles. The van der Waals surface area contributed by atoms with Gasteiger partial charge in [-0.15, -0.1) is 0 Å². The van der Waals surface area contributed by atoms with Gasteiger partial charge in [0.05, 0.1) is 19.8 Å². The maximum absolute atomic E-state index is 12.6. The van der Waals surface area contributed by atoms with E-state index in [1.165, 1.54) is 51.4 Å². The van der Waals surface area contributed by atoms with Crippen molar-refractivity contribution in [3.8, 4) is 0 Å². The number of carboxylic acids is 1. The first kappa shape index (κ1) is 54.4. The van der Waals surface area contributed by atoms with E-state index in [-0.39, 0.29) is 13.0 Å². The highest BCUT2D eigenvalue weighted by Gasteiger charge is 2.27. The lowest BCUT2D eigenvalue weighted by Crippen LogP contribution is -2.34. The molecule has 0 aliphatic rings. The highest BCUT2D eigenvalue weighted by molar-refractivity contribution is 7.47. The summed E-state index contributed by atoms with van der Waals surface area (Å²) in [5.41, 5.74) is 5.35. The number of esters is 1. The van der Waals surface area contributed by atoms with Gasteiger partial charge in [0.15, 0.2) is 0 Å². The molecule has 0 radical (unpaired) electrons. The zero-order chi connectivity index (χ0) is 41.9. The van der Waals surface area contributed by atoms with E-state index in [1.54, 1.807) is 0 Å². The van der Waals surface area contributed by atoms with Crippen LogP contribution in [0.1, 0.15) is 168 Å². The van der Waals surface area contributed by atoms with Crippen molar-refractivity contribution in [1.29, 1.82) is 0 Å². The molecule has 0 saturated heterocycles. The molecule has 0 aromatic heterocycles. The summed E-state index contributed by atoms with van der Waals surface area (Å²) in [7, 11) is -4.63. The molecule has 57 heavy (non-hydrogen) atoms. The minimum atomic E-state index is -4.63. The predicted molar refractivity (Wildman–Crippen MR) is 235 cm³/mol. The number of phosphoric ester groups is 1. The summed E-state index contributed by atoms with van der Waals surface area (Å²) in [6, 6.07) is -1.48. The third-order valence-electron chi connectivity index (χ3n) is 8.97. The number of aliphatic carboxylic acids is 1. The lowest BCUT2D eigenvalue weighted by atomic mass is 10.1. The molecule has 11 heteroatoms. The monoisotopic (exact) mass is 822 g/mol. The highest BCUT2D eigenvalue weighted by atomic mass is 31.2. The smallest absolute Gasteiger partial charge is 0.472 e. The van der Waals surface area contributed by atoms with Crippen molar-refractivity contribution in [3.63, 3.8) is 0 Å². The van der Waals surface area contributed by atoms with E-state index in [4.69, 9.17) is 29.4 Å². The number of carbonyl (C=O) groups is 2. The van der Waals surface area contributed by atoms with Crippen LogP contribution in [0.15, 0.2) is 72.9 Å². The predicted octanol–water partition coefficient (Wildman–Crippen LogP) is 12.2. The van der Waals surface area contributed by atoms with Crippen LogP contribution < -0.4 is 5.73 Å². The van der Waals surface area contributed by atoms with E-state index in [2.05, 4.69) is 86.8 Å². The van der Waals surface area contributed by atoms with Crippen LogP contribution in [0.25, 0.3) is 0 Å². The lowest BCUT2D eigenvalue weighted by Gasteiger charge is -2.20. The number of ether oxygens (including phenoxy) is 2. The Bertz CT molecular complexity index is 1180. The van der Waals surface area contributed by atoms with E-state index in [0.717, 1.165) is 89.9 Å². The van der Waals surface area contributed by atoms with Gasteiger partial charge in [0.25, 0.3) is 0 Å². The molecule has 0 aromatic carbocycles. The molecular formula is C46H80NO9P. The average molecular weight is 822 g/mol. The van der Waals surface area contributed by atoms with Crippen LogP contribution >= 0.6 is 7.82 Å². The van der Waals surface area contributed by atoms with Crippen molar-refractivity contribution >= 4 is 19.8 Å². The summed E-state index contributed by atoms with van der Waals surface area (Å²) in [5, 5.41) is 8.90. The fraction of sp³-hybridized carbons (Fsp3) is 0.696. The van der Waals surface area contributed by atoms with Crippen LogP contribution in [0.5, 0.6) is 0 Å². The summed E-state index contributed by atoms with van der Waals surface area (Å²) in [5.74, 6) is -1.81. The molecule has 0 saturated carbocycles. The topological polar surface area (TPSA) is 155 Å². The second-order valence-electron chi connectivity index (χ2n) is 14.4. The number of rotatable bonds is 41. The number of hydrogen-bond acceptors (Lipinski definition) is 8. The first-order valence-electron chi connectivity index (χ1n) is 22.0. The summed E-state index contributed by atoms with van der Waals surface area (Å²) < 4.78 is 33.3. The Morgan fingerprint density at radius 2 is 1.02 bits per heavy atom. The summed E-state index contributed by atoms with van der Waals surface area (Å²) in [6.45, 7) is 3.70. The number of carbonyl (C=O) groups excluding carboxylic acids is 1. The van der Waals surface area contributed by atoms with E-state index in [1.807, 2.05) is 0 Å². The van der Waals surface area contributed by atoms with Crippen molar-refractivity contribution in [2.24, 2.45) is 5.73 Å². The Morgan fingerprint density at radius 1 is 0.579 bits per heavy atom. The van der Waals surface area contributed by atoms with Crippen LogP contribution in [0.4, 0.5) is 0 Å². The van der Waals surface area contributed by atoms with E-state index >= 15 is 0 Å². The molecule has 3 unspecified atom stereocenters. The normalized spacial score (nSPS) is 14.6. The van der Waals surface area contributed by atoms with Gasteiger partial charge in [0.2, 0.25) is 0 Å². The van der Waals surface area contributed by atoms with Crippen LogP contribution in [-0.4, -0.2) is 60.5 Å². The molecule has 0 rings (SSSR count). The van der Waals surface area contributed by atoms with Gasteiger partial charge in [-0.3, -0.25) is 18.6 Å². The second kappa shape index (κ2) is 41.6. The van der Waals surface area contributed by atoms with E-state index in [9.17, 15) is 19.0 Å². The first-order chi connectivity index (χ1) is 27.7. The van der Waals surface area contributed by atoms with E-state index in [0.29, 0.717) is 13.0 Å². The van der Waals surface area contributed by atoms with Gasteiger partial charge in [-0.05, 0) is 83.5 Å². The zero-order valence-corrected chi connectivity index (χ0v) is 36.6. The Morgan fingerprint density at radius 3 is 1.54 bits per heavy atom. The minimum absolute atomic E-state index is 0.000952. The molecule has 0 aliphatic carbocycles. The molecule has 0 aromatic rings. The van der Waals surface area contributed by atoms with Crippen LogP contribution in [-0.2, 0) is 32.7 Å². The Hall–Kier alpha value is -2.59. The zero-order valence-electron chi connectivity index (χ0n) is 35.7. The van der Waals surface area contributed by atoms with Gasteiger partial charge in [0, 0.05) is 13.0 Å². The Balaban J connectivity index is 4.29. The first-order valence-corrected chi connectivity index (χ1v) is 23.5. The van der Waals surface area contributed by atoms with E-state index < -0.39 is 45.1 Å². The van der Waals surface area contributed by atoms with Crippen molar-refractivity contribution in [3.05, 3.63) is 72.9 Å². The van der Waals surface area contributed by atoms with Crippen molar-refractivity contribution < 1.29 is 42.7 Å². The minimum Gasteiger partial charge on any atom is -0.480 e. The fourth-order valence-electron chi connectivity index (χ4n) is 5.56. The molecule has 3 atom stereocenters. The third-order valence-corrected chi connectivity index (χ3v) is 9.92. The molecular weight excluding hydrogens is 741 g/mol. The van der Waals surface area contributed by atoms with Crippen LogP contribution in [0.2, 0.25) is 0 Å². The summed E-state index contributed by atoms with van der Waals surface area (Å²) >= 11 is 0. The number of phosphoric acid groups is 1. The number of carboxylic acid groups (broad SMARTS) is 1. The molecule has 0 spiro atoms. The molecule has 4 N–H and O–H groups in total. The molecule has 328 valence electrons. The fourth-order valence-corrected chi connectivity index (χ4v) is 6.34. The Kier molecular flexibility index (Phi) is 39.7. The molecule has 0 bridgehead atoms. The third kappa shape index (κ3) is 41.4. The van der Waals surface area contributed by atoms with Gasteiger partial charge in [-0.2, -0.15) is 0 Å². The molecule has 0 aliphatic heterocycles. The lowest BCUT2D eigenvalue weighted by molar-refractivity contribution is -0.154. The maximum atomic E-state index is 12.6. The number of unbranched alkanes of at least 4 members (excludes halogenated alkanes) is 15. The average Bonchev–Trinajstić information content (AvgIpc) is 3.19. The van der Waals surface area contributed by atoms with Gasteiger partial charge >= 0.3 is 19.8 Å².